The molecule has 0 aliphatic carbocycles. The monoisotopic (exact) mass is 376 g/mol. The molecule has 25 heavy (non-hydrogen) atoms. The Hall–Kier alpha value is -1.98. The second-order valence-corrected chi connectivity index (χ2v) is 6.91. The van der Waals surface area contributed by atoms with Crippen LogP contribution in [-0.4, -0.2) is 30.7 Å². The number of carbonyl (C=O) groups is 2. The van der Waals surface area contributed by atoms with E-state index in [0.717, 1.165) is 11.1 Å². The fraction of sp³-hybridized carbons (Fsp3) is 0.263. The van der Waals surface area contributed by atoms with Gasteiger partial charge in [0.05, 0.1) is 17.5 Å². The van der Waals surface area contributed by atoms with Gasteiger partial charge in [-0.25, -0.2) is 0 Å². The summed E-state index contributed by atoms with van der Waals surface area (Å²) in [6.45, 7) is 2.40. The van der Waals surface area contributed by atoms with E-state index in [0.29, 0.717) is 11.6 Å². The van der Waals surface area contributed by atoms with Crippen molar-refractivity contribution in [3.05, 3.63) is 70.7 Å². The zero-order chi connectivity index (χ0) is 18.1. The molecule has 2 aromatic rings. The average molecular weight is 377 g/mol. The lowest BCUT2D eigenvalue weighted by Gasteiger charge is -2.17. The third kappa shape index (κ3) is 6.44. The molecule has 0 saturated carbocycles. The van der Waals surface area contributed by atoms with E-state index < -0.39 is 0 Å². The van der Waals surface area contributed by atoms with E-state index in [2.05, 4.69) is 10.6 Å². The van der Waals surface area contributed by atoms with Crippen molar-refractivity contribution < 1.29 is 9.59 Å². The molecule has 4 nitrogen and oxygen atoms in total. The Balaban J connectivity index is 2.01. The number of nitrogens with one attached hydrogen (secondary N) is 2. The number of halogens is 1. The zero-order valence-electron chi connectivity index (χ0n) is 14.0. The lowest BCUT2D eigenvalue weighted by atomic mass is 10.0. The Labute approximate surface area is 157 Å². The van der Waals surface area contributed by atoms with Crippen molar-refractivity contribution in [3.8, 4) is 0 Å². The minimum atomic E-state index is -0.182. The molecule has 0 bridgehead atoms. The smallest absolute Gasteiger partial charge is 0.239 e. The van der Waals surface area contributed by atoms with Gasteiger partial charge in [-0.15, -0.1) is 11.8 Å². The summed E-state index contributed by atoms with van der Waals surface area (Å²) in [5, 5.41) is 5.99. The molecule has 0 aromatic heterocycles. The van der Waals surface area contributed by atoms with Crippen molar-refractivity contribution in [1.82, 2.24) is 10.6 Å². The second kappa shape index (κ2) is 10.1. The minimum absolute atomic E-state index is 0.00415. The number of likely N-dealkylation sites (N-methyl/N-ethyl adjacent to an activating group) is 1. The average Bonchev–Trinajstić information content (AvgIpc) is 2.63. The number of thioether (sulfide) groups is 1. The van der Waals surface area contributed by atoms with E-state index in [9.17, 15) is 9.59 Å². The van der Waals surface area contributed by atoms with Gasteiger partial charge in [-0.05, 0) is 30.2 Å². The first-order valence-electron chi connectivity index (χ1n) is 8.05. The minimum Gasteiger partial charge on any atom is -0.355 e. The molecule has 0 spiro atoms. The molecule has 0 radical (unpaired) electrons. The number of benzene rings is 2. The maximum atomic E-state index is 12.0. The van der Waals surface area contributed by atoms with Crippen LogP contribution in [0.2, 0.25) is 5.02 Å². The second-order valence-electron chi connectivity index (χ2n) is 5.38. The summed E-state index contributed by atoms with van der Waals surface area (Å²) >= 11 is 7.50. The Morgan fingerprint density at radius 2 is 1.60 bits per heavy atom. The van der Waals surface area contributed by atoms with Gasteiger partial charge >= 0.3 is 0 Å². The van der Waals surface area contributed by atoms with Gasteiger partial charge < -0.3 is 10.6 Å². The number of hydrogen-bond donors (Lipinski definition) is 2. The molecular weight excluding hydrogens is 356 g/mol. The fourth-order valence-corrected chi connectivity index (χ4v) is 3.54. The summed E-state index contributed by atoms with van der Waals surface area (Å²) < 4.78 is 0. The maximum Gasteiger partial charge on any atom is 0.239 e. The van der Waals surface area contributed by atoms with Gasteiger partial charge in [-0.2, -0.15) is 0 Å². The van der Waals surface area contributed by atoms with E-state index in [1.807, 2.05) is 61.5 Å². The largest absolute Gasteiger partial charge is 0.355 e. The first kappa shape index (κ1) is 19.3. The van der Waals surface area contributed by atoms with E-state index in [1.54, 1.807) is 0 Å². The molecule has 132 valence electrons. The Kier molecular flexibility index (Phi) is 7.82. The summed E-state index contributed by atoms with van der Waals surface area (Å²) in [5.41, 5.74) is 2.20. The topological polar surface area (TPSA) is 58.2 Å². The van der Waals surface area contributed by atoms with Crippen LogP contribution in [0.3, 0.4) is 0 Å². The highest BCUT2D eigenvalue weighted by molar-refractivity contribution is 8.00. The molecule has 2 N–H and O–H groups in total. The van der Waals surface area contributed by atoms with E-state index in [4.69, 9.17) is 11.6 Å². The first-order valence-corrected chi connectivity index (χ1v) is 9.48. The van der Waals surface area contributed by atoms with Crippen molar-refractivity contribution in [2.45, 2.75) is 12.2 Å². The molecule has 2 amide bonds. The Morgan fingerprint density at radius 3 is 2.24 bits per heavy atom. The van der Waals surface area contributed by atoms with Crippen LogP contribution in [0.15, 0.2) is 54.6 Å². The summed E-state index contributed by atoms with van der Waals surface area (Å²) in [6.07, 6.45) is 0. The molecule has 0 aliphatic heterocycles. The molecular formula is C19H21ClN2O2S. The van der Waals surface area contributed by atoms with Gasteiger partial charge in [0, 0.05) is 11.6 Å². The zero-order valence-corrected chi connectivity index (χ0v) is 15.6. The Bertz CT molecular complexity index is 692. The molecule has 1 atom stereocenters. The third-order valence-corrected chi connectivity index (χ3v) is 5.03. The van der Waals surface area contributed by atoms with Crippen LogP contribution in [0, 0.1) is 0 Å². The van der Waals surface area contributed by atoms with Crippen molar-refractivity contribution in [3.63, 3.8) is 0 Å². The molecule has 0 heterocycles. The lowest BCUT2D eigenvalue weighted by Crippen LogP contribution is -2.37. The molecule has 2 aromatic carbocycles. The molecule has 2 rings (SSSR count). The standard InChI is InChI=1S/C19H21ClN2O2S/c1-2-21-17(23)12-22-18(24)13-25-19(14-6-4-3-5-7-14)15-8-10-16(20)11-9-15/h3-11,19H,2,12-13H2,1H3,(H,21,23)(H,22,24). The van der Waals surface area contributed by atoms with Crippen LogP contribution in [-0.2, 0) is 9.59 Å². The van der Waals surface area contributed by atoms with Gasteiger partial charge in [0.25, 0.3) is 0 Å². The summed E-state index contributed by atoms with van der Waals surface area (Å²) in [6, 6.07) is 17.6. The van der Waals surface area contributed by atoms with E-state index in [-0.39, 0.29) is 29.4 Å². The Morgan fingerprint density at radius 1 is 0.960 bits per heavy atom. The lowest BCUT2D eigenvalue weighted by molar-refractivity contribution is -0.124. The van der Waals surface area contributed by atoms with Gasteiger partial charge in [-0.1, -0.05) is 54.1 Å². The first-order chi connectivity index (χ1) is 12.1. The molecule has 0 saturated heterocycles. The summed E-state index contributed by atoms with van der Waals surface area (Å²) in [4.78, 5) is 23.5. The maximum absolute atomic E-state index is 12.0. The number of amides is 2. The molecule has 1 unspecified atom stereocenters. The molecule has 6 heteroatoms. The van der Waals surface area contributed by atoms with Crippen LogP contribution in [0.1, 0.15) is 23.3 Å². The van der Waals surface area contributed by atoms with Crippen molar-refractivity contribution in [2.24, 2.45) is 0 Å². The van der Waals surface area contributed by atoms with Crippen molar-refractivity contribution in [2.75, 3.05) is 18.8 Å². The quantitative estimate of drug-likeness (QED) is 0.742. The van der Waals surface area contributed by atoms with Crippen LogP contribution < -0.4 is 10.6 Å². The van der Waals surface area contributed by atoms with Crippen molar-refractivity contribution in [1.29, 1.82) is 0 Å². The predicted octanol–water partition coefficient (Wildman–Crippen LogP) is 3.41. The highest BCUT2D eigenvalue weighted by Gasteiger charge is 2.16. The number of rotatable bonds is 8. The number of carbonyl (C=O) groups excluding carboxylic acids is 2. The highest BCUT2D eigenvalue weighted by Crippen LogP contribution is 2.35. The van der Waals surface area contributed by atoms with Crippen LogP contribution in [0.4, 0.5) is 0 Å². The van der Waals surface area contributed by atoms with Crippen molar-refractivity contribution >= 4 is 35.2 Å². The third-order valence-electron chi connectivity index (χ3n) is 3.48. The summed E-state index contributed by atoms with van der Waals surface area (Å²) in [7, 11) is 0. The van der Waals surface area contributed by atoms with Crippen LogP contribution >= 0.6 is 23.4 Å². The van der Waals surface area contributed by atoms with Gasteiger partial charge in [0.1, 0.15) is 0 Å². The van der Waals surface area contributed by atoms with Crippen LogP contribution in [0.5, 0.6) is 0 Å². The van der Waals surface area contributed by atoms with Gasteiger partial charge in [-0.3, -0.25) is 9.59 Å². The van der Waals surface area contributed by atoms with E-state index >= 15 is 0 Å². The SMILES string of the molecule is CCNC(=O)CNC(=O)CSC(c1ccccc1)c1ccc(Cl)cc1. The normalized spacial score (nSPS) is 11.6. The predicted molar refractivity (Wildman–Crippen MR) is 104 cm³/mol. The molecule has 0 aliphatic rings. The number of hydrogen-bond acceptors (Lipinski definition) is 3. The summed E-state index contributed by atoms with van der Waals surface area (Å²) in [5.74, 6) is -0.0778. The fourth-order valence-electron chi connectivity index (χ4n) is 2.30. The van der Waals surface area contributed by atoms with Gasteiger partial charge in [0.15, 0.2) is 0 Å². The molecule has 0 fully saturated rings. The van der Waals surface area contributed by atoms with E-state index in [1.165, 1.54) is 11.8 Å². The van der Waals surface area contributed by atoms with Crippen LogP contribution in [0.25, 0.3) is 0 Å². The van der Waals surface area contributed by atoms with Gasteiger partial charge in [0.2, 0.25) is 11.8 Å². The highest BCUT2D eigenvalue weighted by atomic mass is 35.5.